The van der Waals surface area contributed by atoms with E-state index in [9.17, 15) is 14.4 Å². The number of rotatable bonds is 2. The minimum atomic E-state index is -1.66. The zero-order valence-corrected chi connectivity index (χ0v) is 17.4. The van der Waals surface area contributed by atoms with Crippen LogP contribution in [0.5, 0.6) is 0 Å². The molecular weight excluding hydrogens is 392 g/mol. The second-order valence-electron chi connectivity index (χ2n) is 8.81. The molecule has 0 N–H and O–H groups in total. The number of hydrogen-bond acceptors (Lipinski definition) is 4. The van der Waals surface area contributed by atoms with Crippen molar-refractivity contribution in [1.82, 2.24) is 9.80 Å². The van der Waals surface area contributed by atoms with Gasteiger partial charge >= 0.3 is 6.03 Å². The molecule has 3 aliphatic heterocycles. The van der Waals surface area contributed by atoms with Gasteiger partial charge in [0.15, 0.2) is 0 Å². The molecule has 2 aromatic carbocycles. The number of benzene rings is 2. The average molecular weight is 416 g/mol. The van der Waals surface area contributed by atoms with E-state index in [0.29, 0.717) is 11.4 Å². The van der Waals surface area contributed by atoms with Gasteiger partial charge in [-0.1, -0.05) is 55.7 Å². The van der Waals surface area contributed by atoms with Crippen LogP contribution in [0.15, 0.2) is 54.6 Å². The van der Waals surface area contributed by atoms with E-state index >= 15 is 0 Å². The second-order valence-corrected chi connectivity index (χ2v) is 8.81. The summed E-state index contributed by atoms with van der Waals surface area (Å²) in [6, 6.07) is 16.1. The number of amides is 4. The molecule has 0 aromatic heterocycles. The third-order valence-electron chi connectivity index (χ3n) is 7.32. The lowest BCUT2D eigenvalue weighted by Crippen LogP contribution is -2.64. The van der Waals surface area contributed by atoms with Gasteiger partial charge in [0.1, 0.15) is 6.17 Å². The van der Waals surface area contributed by atoms with Gasteiger partial charge < -0.3 is 4.90 Å². The summed E-state index contributed by atoms with van der Waals surface area (Å²) in [5.41, 5.74) is 0.360. The first kappa shape index (κ1) is 18.6. The number of urea groups is 1. The summed E-state index contributed by atoms with van der Waals surface area (Å²) in [6.07, 6.45) is 4.83. The molecule has 31 heavy (non-hydrogen) atoms. The maximum atomic E-state index is 14.1. The Balaban J connectivity index is 1.58. The number of fused-ring (bicyclic) bond motifs is 4. The third kappa shape index (κ3) is 2.14. The van der Waals surface area contributed by atoms with Crippen LogP contribution in [0.25, 0.3) is 0 Å². The lowest BCUT2D eigenvalue weighted by molar-refractivity contribution is -0.141. The zero-order chi connectivity index (χ0) is 21.3. The van der Waals surface area contributed by atoms with E-state index in [2.05, 4.69) is 0 Å². The molecule has 4 aliphatic rings. The molecule has 3 heterocycles. The van der Waals surface area contributed by atoms with Crippen molar-refractivity contribution < 1.29 is 14.4 Å². The number of imide groups is 1. The Morgan fingerprint density at radius 2 is 1.52 bits per heavy atom. The Kier molecular flexibility index (Phi) is 3.84. The fourth-order valence-corrected chi connectivity index (χ4v) is 5.95. The maximum absolute atomic E-state index is 14.1. The molecule has 2 bridgehead atoms. The number of likely N-dealkylation sites (N-methyl/N-ethyl adjacent to an activating group) is 1. The summed E-state index contributed by atoms with van der Waals surface area (Å²) in [5, 5.41) is 0. The van der Waals surface area contributed by atoms with Gasteiger partial charge in [-0.2, -0.15) is 0 Å². The summed E-state index contributed by atoms with van der Waals surface area (Å²) >= 11 is 0. The second kappa shape index (κ2) is 6.40. The van der Waals surface area contributed by atoms with Crippen LogP contribution in [-0.4, -0.2) is 46.4 Å². The number of nitrogens with zero attached hydrogens (tertiary/aromatic N) is 4. The molecule has 3 fully saturated rings. The van der Waals surface area contributed by atoms with Crippen molar-refractivity contribution in [3.63, 3.8) is 0 Å². The Labute approximate surface area is 180 Å². The summed E-state index contributed by atoms with van der Waals surface area (Å²) in [6.45, 7) is 0. The molecule has 4 amide bonds. The molecular formula is C24H24N4O3. The van der Waals surface area contributed by atoms with Crippen molar-refractivity contribution in [2.45, 2.75) is 50.0 Å². The van der Waals surface area contributed by atoms with Gasteiger partial charge in [-0.3, -0.25) is 14.5 Å². The van der Waals surface area contributed by atoms with Gasteiger partial charge in [-0.15, -0.1) is 0 Å². The van der Waals surface area contributed by atoms with E-state index in [4.69, 9.17) is 0 Å². The minimum absolute atomic E-state index is 0.0785. The summed E-state index contributed by atoms with van der Waals surface area (Å²) < 4.78 is 0. The average Bonchev–Trinajstić information content (AvgIpc) is 3.13. The van der Waals surface area contributed by atoms with E-state index in [-0.39, 0.29) is 18.1 Å². The highest BCUT2D eigenvalue weighted by Gasteiger charge is 2.75. The van der Waals surface area contributed by atoms with Crippen molar-refractivity contribution in [3.8, 4) is 0 Å². The van der Waals surface area contributed by atoms with Crippen molar-refractivity contribution >= 4 is 29.2 Å². The van der Waals surface area contributed by atoms with E-state index in [1.807, 2.05) is 40.1 Å². The third-order valence-corrected chi connectivity index (χ3v) is 7.32. The number of hydrogen-bond donors (Lipinski definition) is 0. The molecule has 1 saturated carbocycles. The van der Waals surface area contributed by atoms with Crippen molar-refractivity contribution in [1.29, 1.82) is 0 Å². The van der Waals surface area contributed by atoms with Gasteiger partial charge in [-0.05, 0) is 38.1 Å². The molecule has 7 nitrogen and oxygen atoms in total. The Hall–Kier alpha value is -3.19. The van der Waals surface area contributed by atoms with Crippen LogP contribution in [0, 0.1) is 0 Å². The molecule has 0 unspecified atom stereocenters. The molecule has 2 aromatic rings. The molecule has 1 spiro atoms. The van der Waals surface area contributed by atoms with E-state index < -0.39 is 17.6 Å². The molecule has 1 aliphatic carbocycles. The smallest absolute Gasteiger partial charge is 0.316 e. The normalized spacial score (nSPS) is 28.4. The first-order chi connectivity index (χ1) is 15.1. The summed E-state index contributed by atoms with van der Waals surface area (Å²) in [7, 11) is 1.80. The Morgan fingerprint density at radius 1 is 0.839 bits per heavy atom. The van der Waals surface area contributed by atoms with Crippen LogP contribution in [0.4, 0.5) is 16.2 Å². The lowest BCUT2D eigenvalue weighted by atomic mass is 9.93. The van der Waals surface area contributed by atoms with Crippen LogP contribution >= 0.6 is 0 Å². The number of para-hydroxylation sites is 2. The SMILES string of the molecule is CN1[C@@H]2c3ccccc3N3C(=O)N(c4ccccc4)C(=O)[C@@]31C(=O)N2C1CCCCC1. The highest BCUT2D eigenvalue weighted by atomic mass is 16.2. The first-order valence-electron chi connectivity index (χ1n) is 11.0. The van der Waals surface area contributed by atoms with E-state index in [1.54, 1.807) is 31.3 Å². The molecule has 2 atom stereocenters. The highest BCUT2D eigenvalue weighted by Crippen LogP contribution is 2.55. The topological polar surface area (TPSA) is 64.2 Å². The predicted molar refractivity (Wildman–Crippen MR) is 115 cm³/mol. The number of carbonyl (C=O) groups is 3. The van der Waals surface area contributed by atoms with E-state index in [0.717, 1.165) is 36.1 Å². The van der Waals surface area contributed by atoms with Crippen LogP contribution in [-0.2, 0) is 9.59 Å². The largest absolute Gasteiger partial charge is 0.338 e. The number of carbonyl (C=O) groups excluding carboxylic acids is 3. The summed E-state index contributed by atoms with van der Waals surface area (Å²) in [5.74, 6) is -0.770. The Morgan fingerprint density at radius 3 is 2.26 bits per heavy atom. The van der Waals surface area contributed by atoms with E-state index in [1.165, 1.54) is 11.3 Å². The monoisotopic (exact) mass is 416 g/mol. The van der Waals surface area contributed by atoms with Crippen LogP contribution in [0.2, 0.25) is 0 Å². The zero-order valence-electron chi connectivity index (χ0n) is 17.4. The molecule has 6 rings (SSSR count). The number of anilines is 2. The van der Waals surface area contributed by atoms with Crippen LogP contribution in [0.3, 0.4) is 0 Å². The van der Waals surface area contributed by atoms with Gasteiger partial charge in [0.05, 0.1) is 11.4 Å². The minimum Gasteiger partial charge on any atom is -0.316 e. The van der Waals surface area contributed by atoms with Crippen molar-refractivity contribution in [3.05, 3.63) is 60.2 Å². The lowest BCUT2D eigenvalue weighted by Gasteiger charge is -2.42. The molecule has 0 radical (unpaired) electrons. The predicted octanol–water partition coefficient (Wildman–Crippen LogP) is 3.48. The maximum Gasteiger partial charge on any atom is 0.338 e. The fourth-order valence-electron chi connectivity index (χ4n) is 5.95. The fraction of sp³-hybridized carbons (Fsp3) is 0.375. The highest BCUT2D eigenvalue weighted by molar-refractivity contribution is 6.38. The summed E-state index contributed by atoms with van der Waals surface area (Å²) in [4.78, 5) is 48.1. The standard InChI is InChI=1S/C24H24N4O3/c1-25-20-18-14-8-9-15-19(18)28-23(31)27(17-12-6-3-7-13-17)22(30)24(25,28)21(29)26(20)16-10-4-2-5-11-16/h3,6-9,12-16,20H,2,4-5,10-11H2,1H3/t20-,24+/m0/s1. The quantitative estimate of drug-likeness (QED) is 0.556. The van der Waals surface area contributed by atoms with Gasteiger partial charge in [-0.25, -0.2) is 14.6 Å². The molecule has 158 valence electrons. The van der Waals surface area contributed by atoms with Crippen LogP contribution < -0.4 is 9.80 Å². The van der Waals surface area contributed by atoms with Gasteiger partial charge in [0.2, 0.25) is 0 Å². The first-order valence-corrected chi connectivity index (χ1v) is 11.0. The van der Waals surface area contributed by atoms with Crippen molar-refractivity contribution in [2.75, 3.05) is 16.8 Å². The van der Waals surface area contributed by atoms with Crippen molar-refractivity contribution in [2.24, 2.45) is 0 Å². The molecule has 7 heteroatoms. The van der Waals surface area contributed by atoms with Gasteiger partial charge in [0, 0.05) is 11.6 Å². The Bertz CT molecular complexity index is 1100. The van der Waals surface area contributed by atoms with Crippen LogP contribution in [0.1, 0.15) is 43.8 Å². The molecule has 2 saturated heterocycles. The van der Waals surface area contributed by atoms with Gasteiger partial charge in [0.25, 0.3) is 17.5 Å².